The van der Waals surface area contributed by atoms with Crippen LogP contribution < -0.4 is 0 Å². The second kappa shape index (κ2) is 21.6. The molecule has 1 fully saturated rings. The Balaban J connectivity index is 1.82. The Kier molecular flexibility index (Phi) is 19.9. The Bertz CT molecular complexity index is 472. The van der Waals surface area contributed by atoms with Gasteiger partial charge in [-0.1, -0.05) is 122 Å². The minimum atomic E-state index is -1.14. The molecule has 0 aromatic carbocycles. The molecular weight excluding hydrogens is 432 g/mol. The molecule has 0 bridgehead atoms. The maximum Gasteiger partial charge on any atom is 0.306 e. The molecule has 0 amide bonds. The Hall–Kier alpha value is -0.690. The third kappa shape index (κ3) is 15.3. The predicted molar refractivity (Wildman–Crippen MR) is 137 cm³/mol. The monoisotopic (exact) mass is 486 g/mol. The maximum atomic E-state index is 12.0. The Morgan fingerprint density at radius 2 is 1.18 bits per heavy atom. The number of aliphatic hydroxyl groups is 3. The molecule has 0 spiro atoms. The number of hydrogen-bond donors (Lipinski definition) is 3. The van der Waals surface area contributed by atoms with Crippen LogP contribution in [0.1, 0.15) is 135 Å². The molecule has 34 heavy (non-hydrogen) atoms. The topological polar surface area (TPSA) is 96.2 Å². The standard InChI is InChI=1S/C28H54O6/c1-2-3-4-5-6-7-8-9-10-11-12-13-14-15-16-17-18-19-20-21-26(31)34-25(22-29)28-27(32)24(30)23-33-28/h24-25,27-30,32H,2-23H2,1H3/t24-,25+,27+,28?/m0/s1. The van der Waals surface area contributed by atoms with Gasteiger partial charge < -0.3 is 24.8 Å². The van der Waals surface area contributed by atoms with Crippen LogP contribution in [0.25, 0.3) is 0 Å². The van der Waals surface area contributed by atoms with E-state index in [-0.39, 0.29) is 12.6 Å². The van der Waals surface area contributed by atoms with Crippen LogP contribution in [0.2, 0.25) is 0 Å². The zero-order chi connectivity index (χ0) is 24.9. The van der Waals surface area contributed by atoms with E-state index in [0.29, 0.717) is 6.42 Å². The fourth-order valence-corrected chi connectivity index (χ4v) is 4.74. The van der Waals surface area contributed by atoms with Crippen LogP contribution >= 0.6 is 0 Å². The number of carbonyl (C=O) groups excluding carboxylic acids is 1. The third-order valence-corrected chi connectivity index (χ3v) is 7.00. The molecule has 6 nitrogen and oxygen atoms in total. The summed E-state index contributed by atoms with van der Waals surface area (Å²) in [5.41, 5.74) is 0. The summed E-state index contributed by atoms with van der Waals surface area (Å²) >= 11 is 0. The van der Waals surface area contributed by atoms with E-state index >= 15 is 0 Å². The number of aliphatic hydroxyl groups excluding tert-OH is 3. The van der Waals surface area contributed by atoms with Gasteiger partial charge in [-0.2, -0.15) is 0 Å². The summed E-state index contributed by atoms with van der Waals surface area (Å²) in [5, 5.41) is 28.8. The van der Waals surface area contributed by atoms with Crippen molar-refractivity contribution < 1.29 is 29.6 Å². The van der Waals surface area contributed by atoms with Crippen molar-refractivity contribution in [3.8, 4) is 0 Å². The maximum absolute atomic E-state index is 12.0. The number of unbranched alkanes of at least 4 members (excludes halogenated alkanes) is 18. The lowest BCUT2D eigenvalue weighted by Gasteiger charge is -2.24. The third-order valence-electron chi connectivity index (χ3n) is 7.00. The predicted octanol–water partition coefficient (Wildman–Crippen LogP) is 5.83. The average Bonchev–Trinajstić information content (AvgIpc) is 3.17. The minimum Gasteiger partial charge on any atom is -0.457 e. The van der Waals surface area contributed by atoms with Crippen LogP contribution in [0.4, 0.5) is 0 Å². The Labute approximate surface area is 208 Å². The van der Waals surface area contributed by atoms with E-state index in [1.54, 1.807) is 0 Å². The van der Waals surface area contributed by atoms with Crippen molar-refractivity contribution in [2.45, 2.75) is 160 Å². The van der Waals surface area contributed by atoms with E-state index in [0.717, 1.165) is 19.3 Å². The molecular formula is C28H54O6. The Morgan fingerprint density at radius 1 is 0.765 bits per heavy atom. The van der Waals surface area contributed by atoms with E-state index < -0.39 is 31.0 Å². The highest BCUT2D eigenvalue weighted by Crippen LogP contribution is 2.20. The summed E-state index contributed by atoms with van der Waals surface area (Å²) < 4.78 is 10.5. The van der Waals surface area contributed by atoms with Crippen molar-refractivity contribution in [1.29, 1.82) is 0 Å². The highest BCUT2D eigenvalue weighted by molar-refractivity contribution is 5.69. The van der Waals surface area contributed by atoms with E-state index in [9.17, 15) is 20.1 Å². The highest BCUT2D eigenvalue weighted by atomic mass is 16.6. The van der Waals surface area contributed by atoms with Gasteiger partial charge >= 0.3 is 5.97 Å². The van der Waals surface area contributed by atoms with Crippen LogP contribution in [0.15, 0.2) is 0 Å². The fraction of sp³-hybridized carbons (Fsp3) is 0.964. The quantitative estimate of drug-likeness (QED) is 0.124. The molecule has 1 rings (SSSR count). The van der Waals surface area contributed by atoms with E-state index in [4.69, 9.17) is 9.47 Å². The van der Waals surface area contributed by atoms with Gasteiger partial charge in [0.15, 0.2) is 6.10 Å². The summed E-state index contributed by atoms with van der Waals surface area (Å²) in [6.45, 7) is 1.83. The van der Waals surface area contributed by atoms with E-state index in [2.05, 4.69) is 6.92 Å². The van der Waals surface area contributed by atoms with Gasteiger partial charge in [0, 0.05) is 6.42 Å². The zero-order valence-corrected chi connectivity index (χ0v) is 21.9. The van der Waals surface area contributed by atoms with Crippen molar-refractivity contribution in [3.05, 3.63) is 0 Å². The average molecular weight is 487 g/mol. The SMILES string of the molecule is CCCCCCCCCCCCCCCCCCCCCC(=O)O[C@H](CO)C1OC[C@H](O)[C@H]1O. The fourth-order valence-electron chi connectivity index (χ4n) is 4.74. The summed E-state index contributed by atoms with van der Waals surface area (Å²) in [6.07, 6.45) is 21.3. The molecule has 1 aliphatic heterocycles. The molecule has 0 aromatic heterocycles. The Morgan fingerprint density at radius 3 is 1.53 bits per heavy atom. The smallest absolute Gasteiger partial charge is 0.306 e. The van der Waals surface area contributed by atoms with Gasteiger partial charge in [0.05, 0.1) is 13.2 Å². The molecule has 6 heteroatoms. The first-order valence-corrected chi connectivity index (χ1v) is 14.4. The normalized spacial score (nSPS) is 21.1. The number of carbonyl (C=O) groups is 1. The second-order valence-electron chi connectivity index (χ2n) is 10.2. The van der Waals surface area contributed by atoms with Crippen molar-refractivity contribution in [3.63, 3.8) is 0 Å². The van der Waals surface area contributed by atoms with Crippen LogP contribution in [0.5, 0.6) is 0 Å². The summed E-state index contributed by atoms with van der Waals surface area (Å²) in [5.74, 6) is -0.386. The number of hydrogen-bond acceptors (Lipinski definition) is 6. The van der Waals surface area contributed by atoms with Gasteiger partial charge in [-0.15, -0.1) is 0 Å². The molecule has 0 aromatic rings. The summed E-state index contributed by atoms with van der Waals surface area (Å²) in [7, 11) is 0. The molecule has 202 valence electrons. The summed E-state index contributed by atoms with van der Waals surface area (Å²) in [6, 6.07) is 0. The lowest BCUT2D eigenvalue weighted by molar-refractivity contribution is -0.162. The first-order valence-electron chi connectivity index (χ1n) is 14.4. The van der Waals surface area contributed by atoms with Gasteiger partial charge in [0.1, 0.15) is 18.3 Å². The molecule has 0 saturated carbocycles. The minimum absolute atomic E-state index is 0.0147. The molecule has 1 aliphatic rings. The molecule has 0 radical (unpaired) electrons. The van der Waals surface area contributed by atoms with E-state index in [1.807, 2.05) is 0 Å². The van der Waals surface area contributed by atoms with Gasteiger partial charge in [-0.3, -0.25) is 4.79 Å². The van der Waals surface area contributed by atoms with Crippen molar-refractivity contribution in [2.24, 2.45) is 0 Å². The van der Waals surface area contributed by atoms with Gasteiger partial charge in [0.25, 0.3) is 0 Å². The van der Waals surface area contributed by atoms with Crippen LogP contribution in [-0.2, 0) is 14.3 Å². The van der Waals surface area contributed by atoms with E-state index in [1.165, 1.54) is 103 Å². The van der Waals surface area contributed by atoms with Gasteiger partial charge in [0.2, 0.25) is 0 Å². The van der Waals surface area contributed by atoms with Crippen LogP contribution in [-0.4, -0.2) is 58.9 Å². The zero-order valence-electron chi connectivity index (χ0n) is 21.9. The second-order valence-corrected chi connectivity index (χ2v) is 10.2. The van der Waals surface area contributed by atoms with Crippen LogP contribution in [0.3, 0.4) is 0 Å². The van der Waals surface area contributed by atoms with Crippen molar-refractivity contribution in [1.82, 2.24) is 0 Å². The largest absolute Gasteiger partial charge is 0.457 e. The van der Waals surface area contributed by atoms with Gasteiger partial charge in [-0.05, 0) is 6.42 Å². The first-order chi connectivity index (χ1) is 16.6. The van der Waals surface area contributed by atoms with Gasteiger partial charge in [-0.25, -0.2) is 0 Å². The molecule has 1 heterocycles. The van der Waals surface area contributed by atoms with Crippen molar-refractivity contribution >= 4 is 5.97 Å². The van der Waals surface area contributed by atoms with Crippen LogP contribution in [0, 0.1) is 0 Å². The molecule has 0 aliphatic carbocycles. The first kappa shape index (κ1) is 31.3. The number of ether oxygens (including phenoxy) is 2. The molecule has 1 saturated heterocycles. The molecule has 4 atom stereocenters. The lowest BCUT2D eigenvalue weighted by Crippen LogP contribution is -2.43. The molecule has 1 unspecified atom stereocenters. The summed E-state index contributed by atoms with van der Waals surface area (Å²) in [4.78, 5) is 12.0. The highest BCUT2D eigenvalue weighted by Gasteiger charge is 2.41. The molecule has 3 N–H and O–H groups in total. The number of rotatable bonds is 23. The van der Waals surface area contributed by atoms with Crippen molar-refractivity contribution in [2.75, 3.05) is 13.2 Å². The lowest BCUT2D eigenvalue weighted by atomic mass is 10.0. The number of esters is 1.